The lowest BCUT2D eigenvalue weighted by Crippen LogP contribution is -2.32. The molecule has 206 valence electrons. The molecule has 4 aromatic rings. The molecule has 4 aromatic carbocycles. The lowest BCUT2D eigenvalue weighted by molar-refractivity contribution is 0.302. The Bertz CT molecular complexity index is 1600. The molecule has 0 fully saturated rings. The summed E-state index contributed by atoms with van der Waals surface area (Å²) in [5, 5.41) is 3.60. The Labute approximate surface area is 238 Å². The largest absolute Gasteiger partial charge is 0.496 e. The summed E-state index contributed by atoms with van der Waals surface area (Å²) in [7, 11) is 1.60. The molecule has 0 radical (unpaired) electrons. The van der Waals surface area contributed by atoms with Gasteiger partial charge in [-0.3, -0.25) is 0 Å². The molecule has 7 heteroatoms. The number of halogens is 2. The summed E-state index contributed by atoms with van der Waals surface area (Å²) >= 11 is 0.954. The summed E-state index contributed by atoms with van der Waals surface area (Å²) in [6, 6.07) is 20.7. The fraction of sp³-hybridized carbons (Fsp3) is 0.212. The van der Waals surface area contributed by atoms with E-state index in [0.717, 1.165) is 51.1 Å². The highest BCUT2D eigenvalue weighted by Gasteiger charge is 2.27. The first-order valence-electron chi connectivity index (χ1n) is 13.0. The number of allylic oxidation sites excluding steroid dienone is 1. The van der Waals surface area contributed by atoms with Crippen LogP contribution in [0.15, 0.2) is 83.8 Å². The van der Waals surface area contributed by atoms with Gasteiger partial charge in [-0.05, 0) is 80.8 Å². The fourth-order valence-corrected chi connectivity index (χ4v) is 5.60. The van der Waals surface area contributed by atoms with Gasteiger partial charge in [0.15, 0.2) is 0 Å². The van der Waals surface area contributed by atoms with E-state index in [1.165, 1.54) is 18.2 Å². The predicted molar refractivity (Wildman–Crippen MR) is 158 cm³/mol. The first kappa shape index (κ1) is 27.6. The van der Waals surface area contributed by atoms with Crippen LogP contribution in [0.4, 0.5) is 14.5 Å². The van der Waals surface area contributed by atoms with Crippen LogP contribution >= 0.6 is 12.0 Å². The minimum absolute atomic E-state index is 0.206. The van der Waals surface area contributed by atoms with E-state index in [1.54, 1.807) is 37.4 Å². The van der Waals surface area contributed by atoms with Gasteiger partial charge >= 0.3 is 0 Å². The van der Waals surface area contributed by atoms with E-state index in [-0.39, 0.29) is 23.8 Å². The van der Waals surface area contributed by atoms with Crippen molar-refractivity contribution in [2.75, 3.05) is 12.4 Å². The third-order valence-electron chi connectivity index (χ3n) is 6.79. The van der Waals surface area contributed by atoms with Crippen molar-refractivity contribution in [3.63, 3.8) is 0 Å². The lowest BCUT2D eigenvalue weighted by atomic mass is 9.85. The summed E-state index contributed by atoms with van der Waals surface area (Å²) in [6.45, 7) is 8.46. The molecule has 1 heterocycles. The molecular formula is C33H31F2NO3S. The monoisotopic (exact) mass is 559 g/mol. The topological polar surface area (TPSA) is 39.7 Å². The smallest absolute Gasteiger partial charge is 0.141 e. The van der Waals surface area contributed by atoms with Crippen LogP contribution in [-0.2, 0) is 6.61 Å². The second-order valence-electron chi connectivity index (χ2n) is 10.3. The number of ether oxygens (including phenoxy) is 2. The number of anilines is 1. The van der Waals surface area contributed by atoms with Gasteiger partial charge in [-0.25, -0.2) is 8.78 Å². The van der Waals surface area contributed by atoms with Crippen LogP contribution in [0.3, 0.4) is 0 Å². The average molecular weight is 560 g/mol. The number of fused-ring (bicyclic) bond motifs is 1. The highest BCUT2D eigenvalue weighted by atomic mass is 32.2. The number of hydrogen-bond donors (Lipinski definition) is 1. The van der Waals surface area contributed by atoms with E-state index < -0.39 is 0 Å². The van der Waals surface area contributed by atoms with Gasteiger partial charge in [-0.15, -0.1) is 0 Å². The minimum atomic E-state index is -0.346. The Kier molecular flexibility index (Phi) is 7.76. The Morgan fingerprint density at radius 2 is 1.65 bits per heavy atom. The van der Waals surface area contributed by atoms with Gasteiger partial charge in [0, 0.05) is 34.5 Å². The van der Waals surface area contributed by atoms with Crippen molar-refractivity contribution in [1.29, 1.82) is 0 Å². The molecular weight excluding hydrogens is 528 g/mol. The first-order chi connectivity index (χ1) is 19.1. The third-order valence-corrected chi connectivity index (χ3v) is 7.58. The summed E-state index contributed by atoms with van der Waals surface area (Å²) < 4.78 is 45.9. The van der Waals surface area contributed by atoms with Gasteiger partial charge in [0.2, 0.25) is 0 Å². The van der Waals surface area contributed by atoms with E-state index in [1.807, 2.05) is 25.1 Å². The van der Waals surface area contributed by atoms with Crippen molar-refractivity contribution in [2.24, 2.45) is 0 Å². The van der Waals surface area contributed by atoms with Crippen molar-refractivity contribution in [2.45, 2.75) is 44.7 Å². The molecule has 0 atom stereocenters. The van der Waals surface area contributed by atoms with Gasteiger partial charge in [-0.1, -0.05) is 30.3 Å². The van der Waals surface area contributed by atoms with Crippen LogP contribution in [0.1, 0.15) is 37.5 Å². The molecule has 0 saturated heterocycles. The Morgan fingerprint density at radius 1 is 0.875 bits per heavy atom. The molecule has 0 unspecified atom stereocenters. The van der Waals surface area contributed by atoms with Crippen LogP contribution in [0.25, 0.3) is 16.7 Å². The lowest BCUT2D eigenvalue weighted by Gasteiger charge is -2.33. The van der Waals surface area contributed by atoms with Crippen LogP contribution in [0, 0.1) is 18.6 Å². The average Bonchev–Trinajstić information content (AvgIpc) is 2.92. The van der Waals surface area contributed by atoms with E-state index in [9.17, 15) is 8.78 Å². The fourth-order valence-electron chi connectivity index (χ4n) is 5.03. The Morgan fingerprint density at radius 3 is 2.42 bits per heavy atom. The number of benzene rings is 4. The molecule has 0 amide bonds. The van der Waals surface area contributed by atoms with Crippen molar-refractivity contribution in [3.05, 3.63) is 107 Å². The summed E-state index contributed by atoms with van der Waals surface area (Å²) in [5.41, 5.74) is 6.54. The highest BCUT2D eigenvalue weighted by molar-refractivity contribution is 7.95. The van der Waals surface area contributed by atoms with E-state index in [0.29, 0.717) is 22.1 Å². The second kappa shape index (κ2) is 11.3. The standard InChI is InChI=1S/C33H31F2NO3S/c1-20-10-11-22(34)16-29(20)38-19-26-24(14-15-28-32(26)21(2)18-33(3,4)36-28)25-13-12-23(17-30(25)37-5)39-40-31-9-7-6-8-27(31)35/h6-18,36H,19H2,1-5H3. The molecule has 0 saturated carbocycles. The zero-order valence-corrected chi connectivity index (χ0v) is 23.9. The molecule has 40 heavy (non-hydrogen) atoms. The van der Waals surface area contributed by atoms with E-state index in [4.69, 9.17) is 13.7 Å². The maximum Gasteiger partial charge on any atom is 0.141 e. The molecule has 1 aliphatic heterocycles. The summed E-state index contributed by atoms with van der Waals surface area (Å²) in [5.74, 6) is 0.930. The van der Waals surface area contributed by atoms with Crippen LogP contribution < -0.4 is 19.0 Å². The van der Waals surface area contributed by atoms with Crippen LogP contribution in [-0.4, -0.2) is 12.6 Å². The SMILES string of the molecule is COc1cc(OSc2ccccc2F)ccc1-c1ccc2c(c1COc1cc(F)ccc1C)C(C)=CC(C)(C)N2. The number of aryl methyl sites for hydroxylation is 1. The number of hydrogen-bond acceptors (Lipinski definition) is 5. The Balaban J connectivity index is 1.54. The summed E-state index contributed by atoms with van der Waals surface area (Å²) in [6.07, 6.45) is 2.20. The van der Waals surface area contributed by atoms with Crippen molar-refractivity contribution in [3.8, 4) is 28.4 Å². The van der Waals surface area contributed by atoms with Crippen LogP contribution in [0.2, 0.25) is 0 Å². The zero-order chi connectivity index (χ0) is 28.4. The highest BCUT2D eigenvalue weighted by Crippen LogP contribution is 2.44. The number of nitrogens with one attached hydrogen (secondary N) is 1. The molecule has 1 N–H and O–H groups in total. The normalized spacial score (nSPS) is 13.6. The van der Waals surface area contributed by atoms with Gasteiger partial charge in [0.05, 0.1) is 29.6 Å². The van der Waals surface area contributed by atoms with Gasteiger partial charge in [-0.2, -0.15) is 0 Å². The van der Waals surface area contributed by atoms with Crippen molar-refractivity contribution < 1.29 is 22.4 Å². The maximum atomic E-state index is 14.1. The van der Waals surface area contributed by atoms with Crippen LogP contribution in [0.5, 0.6) is 17.2 Å². The number of rotatable bonds is 8. The summed E-state index contributed by atoms with van der Waals surface area (Å²) in [4.78, 5) is 0.394. The van der Waals surface area contributed by atoms with Gasteiger partial charge in [0.25, 0.3) is 0 Å². The molecule has 4 nitrogen and oxygen atoms in total. The van der Waals surface area contributed by atoms with Crippen molar-refractivity contribution in [1.82, 2.24) is 0 Å². The molecule has 0 spiro atoms. The van der Waals surface area contributed by atoms with Crippen molar-refractivity contribution >= 4 is 23.3 Å². The molecule has 1 aliphatic rings. The molecule has 0 aromatic heterocycles. The first-order valence-corrected chi connectivity index (χ1v) is 13.7. The molecule has 0 bridgehead atoms. The van der Waals surface area contributed by atoms with Gasteiger partial charge in [0.1, 0.15) is 35.5 Å². The number of methoxy groups -OCH3 is 1. The third kappa shape index (κ3) is 5.80. The van der Waals surface area contributed by atoms with E-state index in [2.05, 4.69) is 38.2 Å². The Hall–Kier alpha value is -3.97. The second-order valence-corrected chi connectivity index (χ2v) is 11.1. The molecule has 5 rings (SSSR count). The zero-order valence-electron chi connectivity index (χ0n) is 23.1. The quantitative estimate of drug-likeness (QED) is 0.218. The van der Waals surface area contributed by atoms with Gasteiger partial charge < -0.3 is 19.0 Å². The van der Waals surface area contributed by atoms with E-state index >= 15 is 0 Å². The maximum absolute atomic E-state index is 14.1. The molecule has 0 aliphatic carbocycles. The minimum Gasteiger partial charge on any atom is -0.496 e. The predicted octanol–water partition coefficient (Wildman–Crippen LogP) is 9.22.